The van der Waals surface area contributed by atoms with Crippen LogP contribution in [0.5, 0.6) is 0 Å². The van der Waals surface area contributed by atoms with Gasteiger partial charge in [-0.2, -0.15) is 4.31 Å². The number of carbonyl (C=O) groups excluding carboxylic acids is 2. The molecule has 166 valence electrons. The molecule has 3 rings (SSSR count). The summed E-state index contributed by atoms with van der Waals surface area (Å²) >= 11 is 0. The molecule has 1 fully saturated rings. The van der Waals surface area contributed by atoms with E-state index in [1.165, 1.54) is 4.31 Å². The molecule has 2 aromatic rings. The fourth-order valence-corrected chi connectivity index (χ4v) is 5.15. The maximum absolute atomic E-state index is 12.6. The van der Waals surface area contributed by atoms with Gasteiger partial charge < -0.3 is 10.2 Å². The summed E-state index contributed by atoms with van der Waals surface area (Å²) in [6.45, 7) is 5.18. The lowest BCUT2D eigenvalue weighted by Gasteiger charge is -2.18. The molecule has 1 heterocycles. The summed E-state index contributed by atoms with van der Waals surface area (Å²) in [5.74, 6) is -0.0281. The molecule has 2 amide bonds. The van der Waals surface area contributed by atoms with Crippen LogP contribution in [-0.2, 0) is 26.0 Å². The zero-order chi connectivity index (χ0) is 22.4. The molecule has 1 aliphatic rings. The largest absolute Gasteiger partial charge is 0.326 e. The van der Waals surface area contributed by atoms with Gasteiger partial charge in [0, 0.05) is 43.9 Å². The topological polar surface area (TPSA) is 86.8 Å². The van der Waals surface area contributed by atoms with E-state index in [1.54, 1.807) is 35.2 Å². The standard InChI is InChI=1S/C23H29N3O4S/c1-3-25(4-2)31(29,30)21-13-10-18(11-14-21)12-15-22(27)24-19-7-5-8-20(17-19)26-16-6-9-23(26)28/h5,7-8,10-11,13-14,17H,3-4,6,9,12,15-16H2,1-2H3,(H,24,27). The molecular weight excluding hydrogens is 414 g/mol. The first-order chi connectivity index (χ1) is 14.8. The van der Waals surface area contributed by atoms with E-state index in [1.807, 2.05) is 32.0 Å². The van der Waals surface area contributed by atoms with E-state index < -0.39 is 10.0 Å². The van der Waals surface area contributed by atoms with Gasteiger partial charge in [0.1, 0.15) is 0 Å². The van der Waals surface area contributed by atoms with E-state index >= 15 is 0 Å². The third kappa shape index (κ3) is 5.51. The van der Waals surface area contributed by atoms with Gasteiger partial charge in [-0.25, -0.2) is 8.42 Å². The molecule has 0 saturated carbocycles. The molecule has 2 aromatic carbocycles. The first-order valence-electron chi connectivity index (χ1n) is 10.6. The molecule has 1 N–H and O–H groups in total. The van der Waals surface area contributed by atoms with Crippen LogP contribution in [-0.4, -0.2) is 44.2 Å². The SMILES string of the molecule is CCN(CC)S(=O)(=O)c1ccc(CCC(=O)Nc2cccc(N3CCCC3=O)c2)cc1. The molecule has 0 aromatic heterocycles. The van der Waals surface area contributed by atoms with E-state index in [0.717, 1.165) is 17.7 Å². The van der Waals surface area contributed by atoms with Crippen LogP contribution in [0.25, 0.3) is 0 Å². The average Bonchev–Trinajstić information content (AvgIpc) is 3.19. The van der Waals surface area contributed by atoms with Crippen molar-refractivity contribution in [2.24, 2.45) is 0 Å². The number of benzene rings is 2. The fourth-order valence-electron chi connectivity index (χ4n) is 3.69. The highest BCUT2D eigenvalue weighted by Gasteiger charge is 2.22. The molecule has 0 atom stereocenters. The van der Waals surface area contributed by atoms with Gasteiger partial charge in [0.05, 0.1) is 4.90 Å². The molecule has 7 nitrogen and oxygen atoms in total. The van der Waals surface area contributed by atoms with Crippen LogP contribution < -0.4 is 10.2 Å². The summed E-state index contributed by atoms with van der Waals surface area (Å²) in [6, 6.07) is 14.0. The lowest BCUT2D eigenvalue weighted by Crippen LogP contribution is -2.30. The number of nitrogens with zero attached hydrogens (tertiary/aromatic N) is 2. The number of hydrogen-bond donors (Lipinski definition) is 1. The Bertz CT molecular complexity index is 1030. The quantitative estimate of drug-likeness (QED) is 0.643. The van der Waals surface area contributed by atoms with Gasteiger partial charge in [-0.15, -0.1) is 0 Å². The van der Waals surface area contributed by atoms with E-state index in [0.29, 0.717) is 38.2 Å². The van der Waals surface area contributed by atoms with Gasteiger partial charge in [0.2, 0.25) is 21.8 Å². The Hall–Kier alpha value is -2.71. The third-order valence-electron chi connectivity index (χ3n) is 5.42. The minimum atomic E-state index is -3.48. The summed E-state index contributed by atoms with van der Waals surface area (Å²) < 4.78 is 26.5. The molecular formula is C23H29N3O4S. The van der Waals surface area contributed by atoms with Crippen molar-refractivity contribution in [2.75, 3.05) is 29.9 Å². The number of hydrogen-bond acceptors (Lipinski definition) is 4. The average molecular weight is 444 g/mol. The summed E-state index contributed by atoms with van der Waals surface area (Å²) in [6.07, 6.45) is 2.19. The zero-order valence-electron chi connectivity index (χ0n) is 18.0. The maximum Gasteiger partial charge on any atom is 0.243 e. The molecule has 31 heavy (non-hydrogen) atoms. The summed E-state index contributed by atoms with van der Waals surface area (Å²) in [5.41, 5.74) is 2.35. The minimum absolute atomic E-state index is 0.106. The van der Waals surface area contributed by atoms with Gasteiger partial charge in [-0.3, -0.25) is 9.59 Å². The number of nitrogens with one attached hydrogen (secondary N) is 1. The van der Waals surface area contributed by atoms with Crippen LogP contribution in [0, 0.1) is 0 Å². The van der Waals surface area contributed by atoms with E-state index in [2.05, 4.69) is 5.32 Å². The number of carbonyl (C=O) groups is 2. The molecule has 0 spiro atoms. The third-order valence-corrected chi connectivity index (χ3v) is 7.49. The molecule has 1 saturated heterocycles. The predicted octanol–water partition coefficient (Wildman–Crippen LogP) is 3.42. The predicted molar refractivity (Wildman–Crippen MR) is 122 cm³/mol. The second kappa shape index (κ2) is 10.1. The van der Waals surface area contributed by atoms with Gasteiger partial charge in [-0.05, 0) is 48.7 Å². The Morgan fingerprint density at radius 3 is 2.42 bits per heavy atom. The van der Waals surface area contributed by atoms with Crippen LogP contribution in [0.3, 0.4) is 0 Å². The lowest BCUT2D eigenvalue weighted by atomic mass is 10.1. The normalized spacial score (nSPS) is 14.3. The molecule has 0 aliphatic carbocycles. The first-order valence-corrected chi connectivity index (χ1v) is 12.1. The highest BCUT2D eigenvalue weighted by atomic mass is 32.2. The van der Waals surface area contributed by atoms with E-state index in [4.69, 9.17) is 0 Å². The minimum Gasteiger partial charge on any atom is -0.326 e. The summed E-state index contributed by atoms with van der Waals surface area (Å²) in [7, 11) is -3.48. The number of rotatable bonds is 9. The van der Waals surface area contributed by atoms with Crippen molar-refractivity contribution in [2.45, 2.75) is 44.4 Å². The van der Waals surface area contributed by atoms with E-state index in [-0.39, 0.29) is 23.1 Å². The van der Waals surface area contributed by atoms with E-state index in [9.17, 15) is 18.0 Å². The van der Waals surface area contributed by atoms with Gasteiger partial charge >= 0.3 is 0 Å². The molecule has 0 unspecified atom stereocenters. The van der Waals surface area contributed by atoms with Crippen molar-refractivity contribution in [1.82, 2.24) is 4.31 Å². The second-order valence-corrected chi connectivity index (χ2v) is 9.42. The number of aryl methyl sites for hydroxylation is 1. The van der Waals surface area contributed by atoms with Crippen molar-refractivity contribution < 1.29 is 18.0 Å². The van der Waals surface area contributed by atoms with Crippen LogP contribution in [0.15, 0.2) is 53.4 Å². The van der Waals surface area contributed by atoms with Crippen LogP contribution in [0.4, 0.5) is 11.4 Å². The smallest absolute Gasteiger partial charge is 0.243 e. The van der Waals surface area contributed by atoms with Crippen molar-refractivity contribution in [3.8, 4) is 0 Å². The van der Waals surface area contributed by atoms with Crippen molar-refractivity contribution >= 4 is 33.2 Å². The van der Waals surface area contributed by atoms with Crippen molar-refractivity contribution in [3.63, 3.8) is 0 Å². The van der Waals surface area contributed by atoms with Crippen LogP contribution in [0.1, 0.15) is 38.7 Å². The Balaban J connectivity index is 1.57. The number of amides is 2. The van der Waals surface area contributed by atoms with Crippen molar-refractivity contribution in [3.05, 3.63) is 54.1 Å². The van der Waals surface area contributed by atoms with Gasteiger partial charge in [-0.1, -0.05) is 32.0 Å². The Morgan fingerprint density at radius 1 is 1.10 bits per heavy atom. The Morgan fingerprint density at radius 2 is 1.81 bits per heavy atom. The maximum atomic E-state index is 12.6. The summed E-state index contributed by atoms with van der Waals surface area (Å²) in [4.78, 5) is 26.3. The molecule has 0 bridgehead atoms. The molecule has 8 heteroatoms. The number of sulfonamides is 1. The van der Waals surface area contributed by atoms with Gasteiger partial charge in [0.15, 0.2) is 0 Å². The number of anilines is 2. The monoisotopic (exact) mass is 443 g/mol. The van der Waals surface area contributed by atoms with Crippen LogP contribution in [0.2, 0.25) is 0 Å². The molecule has 0 radical (unpaired) electrons. The Labute approximate surface area is 184 Å². The van der Waals surface area contributed by atoms with Crippen LogP contribution >= 0.6 is 0 Å². The fraction of sp³-hybridized carbons (Fsp3) is 0.391. The second-order valence-electron chi connectivity index (χ2n) is 7.48. The first kappa shape index (κ1) is 23.0. The highest BCUT2D eigenvalue weighted by molar-refractivity contribution is 7.89. The van der Waals surface area contributed by atoms with Crippen molar-refractivity contribution in [1.29, 1.82) is 0 Å². The van der Waals surface area contributed by atoms with Gasteiger partial charge in [0.25, 0.3) is 0 Å². The highest BCUT2D eigenvalue weighted by Crippen LogP contribution is 2.24. The lowest BCUT2D eigenvalue weighted by molar-refractivity contribution is -0.117. The Kier molecular flexibility index (Phi) is 7.46. The molecule has 1 aliphatic heterocycles. The summed E-state index contributed by atoms with van der Waals surface area (Å²) in [5, 5.41) is 2.88. The zero-order valence-corrected chi connectivity index (χ0v) is 18.8.